The van der Waals surface area contributed by atoms with Crippen molar-refractivity contribution in [3.05, 3.63) is 0 Å². The molecule has 1 atom stereocenters. The lowest BCUT2D eigenvalue weighted by Gasteiger charge is -2.27. The number of ketones is 3. The lowest BCUT2D eigenvalue weighted by atomic mass is 10.0. The zero-order valence-electron chi connectivity index (χ0n) is 24.3. The Morgan fingerprint density at radius 2 is 1.10 bits per heavy atom. The summed E-state index contributed by atoms with van der Waals surface area (Å²) in [5.41, 5.74) is 21.9. The van der Waals surface area contributed by atoms with E-state index in [2.05, 4.69) is 5.32 Å². The molecule has 1 unspecified atom stereocenters. The molecule has 5 amide bonds. The van der Waals surface area contributed by atoms with Gasteiger partial charge in [-0.3, -0.25) is 38.4 Å². The second kappa shape index (κ2) is 21.3. The van der Waals surface area contributed by atoms with Crippen molar-refractivity contribution in [2.75, 3.05) is 51.6 Å². The van der Waals surface area contributed by atoms with Crippen molar-refractivity contribution in [3.8, 4) is 0 Å². The second-order valence-electron chi connectivity index (χ2n) is 9.37. The minimum atomic E-state index is -0.813. The normalized spacial score (nSPS) is 11.3. The molecule has 0 rings (SSSR count). The average Bonchev–Trinajstić information content (AvgIpc) is 2.95. The first-order valence-electron chi connectivity index (χ1n) is 13.3. The number of hydrogen-bond donors (Lipinski definition) is 5. The predicted molar refractivity (Wildman–Crippen MR) is 155 cm³/mol. The van der Waals surface area contributed by atoms with Gasteiger partial charge in [0.05, 0.1) is 26.6 Å². The van der Waals surface area contributed by atoms with Gasteiger partial charge in [-0.1, -0.05) is 0 Å². The van der Waals surface area contributed by atoms with Gasteiger partial charge in [-0.15, -0.1) is 0 Å². The molecule has 0 heterocycles. The first kappa shape index (κ1) is 38.6. The van der Waals surface area contributed by atoms with E-state index >= 15 is 0 Å². The van der Waals surface area contributed by atoms with Gasteiger partial charge in [-0.05, 0) is 18.4 Å². The Labute approximate surface area is 249 Å². The fourth-order valence-corrected chi connectivity index (χ4v) is 3.95. The summed E-state index contributed by atoms with van der Waals surface area (Å²) in [6.45, 7) is -0.848. The number of hydrogen-bond acceptors (Lipinski definition) is 12. The minimum absolute atomic E-state index is 0.104. The summed E-state index contributed by atoms with van der Waals surface area (Å²) in [4.78, 5) is 99.7. The van der Waals surface area contributed by atoms with Gasteiger partial charge in [0.1, 0.15) is 30.7 Å². The molecule has 0 aliphatic carbocycles. The van der Waals surface area contributed by atoms with Gasteiger partial charge in [0, 0.05) is 45.4 Å². The highest BCUT2D eigenvalue weighted by atomic mass is 32.2. The van der Waals surface area contributed by atoms with Crippen LogP contribution in [0.15, 0.2) is 0 Å². The van der Waals surface area contributed by atoms with Crippen LogP contribution < -0.4 is 28.3 Å². The maximum atomic E-state index is 12.6. The van der Waals surface area contributed by atoms with Gasteiger partial charge in [0.15, 0.2) is 5.78 Å². The molecule has 0 saturated carbocycles. The predicted octanol–water partition coefficient (Wildman–Crippen LogP) is -2.99. The number of amides is 5. The SMILES string of the molecule is CSCCC(NC(=O)CCC(=O)CCC(=O)CCC(=O)CN(CN)C(=O)CN(CN)C(=O)CN(CN)C(C)=O)C(N)=O. The van der Waals surface area contributed by atoms with E-state index in [1.54, 1.807) is 0 Å². The van der Waals surface area contributed by atoms with Crippen molar-refractivity contribution in [1.29, 1.82) is 0 Å². The molecule has 9 N–H and O–H groups in total. The molecule has 0 radical (unpaired) electrons. The molecule has 0 aromatic carbocycles. The van der Waals surface area contributed by atoms with Crippen molar-refractivity contribution in [1.82, 2.24) is 20.0 Å². The molecule has 0 aliphatic rings. The summed E-state index contributed by atoms with van der Waals surface area (Å²) in [6, 6.07) is -0.813. The Kier molecular flexibility index (Phi) is 19.6. The van der Waals surface area contributed by atoms with E-state index in [9.17, 15) is 38.4 Å². The second-order valence-corrected chi connectivity index (χ2v) is 10.4. The maximum absolute atomic E-state index is 12.6. The van der Waals surface area contributed by atoms with E-state index in [-0.39, 0.29) is 76.6 Å². The molecule has 0 aromatic heterocycles. The van der Waals surface area contributed by atoms with Crippen LogP contribution in [0.5, 0.6) is 0 Å². The van der Waals surface area contributed by atoms with Crippen molar-refractivity contribution < 1.29 is 38.4 Å². The summed E-state index contributed by atoms with van der Waals surface area (Å²) in [6.07, 6.45) is 1.42. The van der Waals surface area contributed by atoms with E-state index in [4.69, 9.17) is 22.9 Å². The minimum Gasteiger partial charge on any atom is -0.368 e. The molecule has 16 nitrogen and oxygen atoms in total. The molecule has 0 aliphatic heterocycles. The molecule has 0 bridgehead atoms. The standard InChI is InChI=1S/C25H44N8O8S/c1-17(34)31(14-26)12-23(39)33(16-28)13-24(40)32(15-27)11-20(37)6-5-18(35)3-4-19(36)7-8-22(38)30-21(25(29)41)9-10-42-2/h21H,3-16,26-28H2,1-2H3,(H2,29,41)(H,30,38). The first-order valence-corrected chi connectivity index (χ1v) is 14.7. The van der Waals surface area contributed by atoms with E-state index < -0.39 is 54.5 Å². The highest BCUT2D eigenvalue weighted by molar-refractivity contribution is 7.98. The van der Waals surface area contributed by atoms with Crippen molar-refractivity contribution >= 4 is 58.6 Å². The first-order chi connectivity index (χ1) is 19.8. The van der Waals surface area contributed by atoms with Gasteiger partial charge < -0.3 is 43.0 Å². The van der Waals surface area contributed by atoms with Gasteiger partial charge >= 0.3 is 0 Å². The van der Waals surface area contributed by atoms with Crippen molar-refractivity contribution in [2.45, 2.75) is 57.9 Å². The zero-order chi connectivity index (χ0) is 32.2. The molecule has 0 spiro atoms. The topological polar surface area (TPSA) is 262 Å². The highest BCUT2D eigenvalue weighted by Gasteiger charge is 2.24. The summed E-state index contributed by atoms with van der Waals surface area (Å²) in [5, 5.41) is 2.50. The third-order valence-electron chi connectivity index (χ3n) is 6.12. The van der Waals surface area contributed by atoms with E-state index in [1.807, 2.05) is 6.26 Å². The lowest BCUT2D eigenvalue weighted by Crippen LogP contribution is -2.51. The fraction of sp³-hybridized carbons (Fsp3) is 0.680. The number of nitrogens with zero attached hydrogens (tertiary/aromatic N) is 3. The van der Waals surface area contributed by atoms with Crippen LogP contribution in [0.3, 0.4) is 0 Å². The summed E-state index contributed by atoms with van der Waals surface area (Å²) >= 11 is 1.50. The van der Waals surface area contributed by atoms with Crippen LogP contribution in [0.1, 0.15) is 51.9 Å². The quantitative estimate of drug-likeness (QED) is 0.0720. The zero-order valence-corrected chi connectivity index (χ0v) is 25.1. The van der Waals surface area contributed by atoms with Crippen LogP contribution in [0.2, 0.25) is 0 Å². The molecule has 238 valence electrons. The number of nitrogens with one attached hydrogen (secondary N) is 1. The molecule has 0 aromatic rings. The van der Waals surface area contributed by atoms with E-state index in [0.717, 1.165) is 14.7 Å². The fourth-order valence-electron chi connectivity index (χ4n) is 3.48. The largest absolute Gasteiger partial charge is 0.368 e. The molecular formula is C25H44N8O8S. The Balaban J connectivity index is 4.57. The summed E-state index contributed by atoms with van der Waals surface area (Å²) in [5.74, 6) is -3.32. The monoisotopic (exact) mass is 616 g/mol. The van der Waals surface area contributed by atoms with Crippen LogP contribution >= 0.6 is 11.8 Å². The number of thioether (sulfide) groups is 1. The molecule has 0 saturated heterocycles. The number of rotatable bonds is 23. The average molecular weight is 617 g/mol. The van der Waals surface area contributed by atoms with E-state index in [1.165, 1.54) is 18.7 Å². The molecule has 0 fully saturated rings. The van der Waals surface area contributed by atoms with Gasteiger partial charge in [0.2, 0.25) is 29.5 Å². The maximum Gasteiger partial charge on any atom is 0.243 e. The number of Topliss-reactive ketones (excluding diaryl/α,β-unsaturated/α-hetero) is 3. The van der Waals surface area contributed by atoms with Gasteiger partial charge in [-0.2, -0.15) is 11.8 Å². The van der Waals surface area contributed by atoms with Crippen LogP contribution in [-0.2, 0) is 38.4 Å². The number of nitrogens with two attached hydrogens (primary N) is 4. The Morgan fingerprint density at radius 1 is 0.667 bits per heavy atom. The number of primary amides is 1. The number of carbonyl (C=O) groups is 8. The third-order valence-corrected chi connectivity index (χ3v) is 6.76. The third kappa shape index (κ3) is 16.1. The smallest absolute Gasteiger partial charge is 0.243 e. The Hall–Kier alpha value is -3.41. The van der Waals surface area contributed by atoms with Crippen molar-refractivity contribution in [2.24, 2.45) is 22.9 Å². The molecular weight excluding hydrogens is 572 g/mol. The van der Waals surface area contributed by atoms with Gasteiger partial charge in [-0.25, -0.2) is 0 Å². The van der Waals surface area contributed by atoms with Crippen molar-refractivity contribution in [3.63, 3.8) is 0 Å². The van der Waals surface area contributed by atoms with E-state index in [0.29, 0.717) is 12.2 Å². The van der Waals surface area contributed by atoms with Crippen LogP contribution in [0, 0.1) is 0 Å². The van der Waals surface area contributed by atoms with Gasteiger partial charge in [0.25, 0.3) is 0 Å². The molecule has 42 heavy (non-hydrogen) atoms. The Bertz CT molecular complexity index is 980. The van der Waals surface area contributed by atoms with Crippen LogP contribution in [0.25, 0.3) is 0 Å². The highest BCUT2D eigenvalue weighted by Crippen LogP contribution is 2.06. The van der Waals surface area contributed by atoms with Crippen LogP contribution in [-0.4, -0.2) is 119 Å². The molecule has 17 heteroatoms. The summed E-state index contributed by atoms with van der Waals surface area (Å²) in [7, 11) is 0. The Morgan fingerprint density at radius 3 is 1.52 bits per heavy atom. The van der Waals surface area contributed by atoms with Crippen LogP contribution in [0.4, 0.5) is 0 Å². The number of carbonyl (C=O) groups excluding carboxylic acids is 8. The summed E-state index contributed by atoms with van der Waals surface area (Å²) < 4.78 is 0. The lowest BCUT2D eigenvalue weighted by molar-refractivity contribution is -0.144.